The standard InChI is InChI=1S/C13H17NO2/c1-2-3-6-9-14-11(15)10-13(12(14)16)7-4-5-8-13/h4-10H2,1H3. The van der Waals surface area contributed by atoms with E-state index in [2.05, 4.69) is 11.8 Å². The first-order chi connectivity index (χ1) is 7.69. The Morgan fingerprint density at radius 2 is 2.00 bits per heavy atom. The van der Waals surface area contributed by atoms with Crippen LogP contribution in [0.4, 0.5) is 0 Å². The second-order valence-corrected chi connectivity index (χ2v) is 4.69. The van der Waals surface area contributed by atoms with Crippen LogP contribution in [0.1, 0.15) is 45.4 Å². The zero-order chi connectivity index (χ0) is 11.6. The summed E-state index contributed by atoms with van der Waals surface area (Å²) in [6.45, 7) is 2.24. The van der Waals surface area contributed by atoms with Gasteiger partial charge < -0.3 is 0 Å². The molecule has 0 aromatic carbocycles. The molecule has 1 aliphatic heterocycles. The van der Waals surface area contributed by atoms with Gasteiger partial charge in [0.15, 0.2) is 0 Å². The van der Waals surface area contributed by atoms with Gasteiger partial charge >= 0.3 is 0 Å². The quantitative estimate of drug-likeness (QED) is 0.524. The van der Waals surface area contributed by atoms with E-state index in [0.717, 1.165) is 25.7 Å². The number of amides is 2. The highest BCUT2D eigenvalue weighted by Gasteiger charge is 2.52. The van der Waals surface area contributed by atoms with Crippen LogP contribution >= 0.6 is 0 Å². The van der Waals surface area contributed by atoms with E-state index < -0.39 is 0 Å². The van der Waals surface area contributed by atoms with Crippen molar-refractivity contribution in [1.82, 2.24) is 4.90 Å². The Bertz CT molecular complexity index is 369. The molecule has 3 heteroatoms. The Labute approximate surface area is 96.2 Å². The fourth-order valence-corrected chi connectivity index (χ4v) is 2.82. The van der Waals surface area contributed by atoms with E-state index in [4.69, 9.17) is 0 Å². The van der Waals surface area contributed by atoms with Crippen LogP contribution < -0.4 is 0 Å². The van der Waals surface area contributed by atoms with Crippen LogP contribution in [0.15, 0.2) is 0 Å². The maximum atomic E-state index is 12.2. The van der Waals surface area contributed by atoms with Gasteiger partial charge in [0.2, 0.25) is 11.8 Å². The summed E-state index contributed by atoms with van der Waals surface area (Å²) in [5.41, 5.74) is -0.323. The van der Waals surface area contributed by atoms with Gasteiger partial charge in [0.1, 0.15) is 0 Å². The van der Waals surface area contributed by atoms with Crippen molar-refractivity contribution in [3.8, 4) is 11.8 Å². The zero-order valence-electron chi connectivity index (χ0n) is 9.71. The van der Waals surface area contributed by atoms with Crippen molar-refractivity contribution in [3.63, 3.8) is 0 Å². The monoisotopic (exact) mass is 219 g/mol. The van der Waals surface area contributed by atoms with E-state index >= 15 is 0 Å². The lowest BCUT2D eigenvalue weighted by atomic mass is 9.84. The van der Waals surface area contributed by atoms with Crippen molar-refractivity contribution in [2.75, 3.05) is 6.54 Å². The third-order valence-electron chi connectivity index (χ3n) is 3.69. The summed E-state index contributed by atoms with van der Waals surface area (Å²) < 4.78 is 0. The van der Waals surface area contributed by atoms with Gasteiger partial charge in [-0.1, -0.05) is 12.8 Å². The Hall–Kier alpha value is -1.30. The average Bonchev–Trinajstić information content (AvgIpc) is 2.80. The fourth-order valence-electron chi connectivity index (χ4n) is 2.82. The number of hydrogen-bond donors (Lipinski definition) is 0. The number of rotatable bonds is 2. The molecular weight excluding hydrogens is 202 g/mol. The highest BCUT2D eigenvalue weighted by Crippen LogP contribution is 2.46. The van der Waals surface area contributed by atoms with Crippen LogP contribution in [0.25, 0.3) is 0 Å². The Morgan fingerprint density at radius 1 is 1.31 bits per heavy atom. The van der Waals surface area contributed by atoms with E-state index in [0.29, 0.717) is 19.4 Å². The van der Waals surface area contributed by atoms with Crippen molar-refractivity contribution in [2.45, 2.75) is 45.4 Å². The molecule has 86 valence electrons. The molecule has 1 heterocycles. The predicted molar refractivity (Wildman–Crippen MR) is 60.3 cm³/mol. The van der Waals surface area contributed by atoms with E-state index in [1.54, 1.807) is 6.92 Å². The molecule has 1 saturated heterocycles. The van der Waals surface area contributed by atoms with Gasteiger partial charge in [0.25, 0.3) is 0 Å². The minimum absolute atomic E-state index is 0.00445. The normalized spacial score (nSPS) is 22.7. The van der Waals surface area contributed by atoms with Crippen LogP contribution in [0.5, 0.6) is 0 Å². The van der Waals surface area contributed by atoms with Crippen LogP contribution in [-0.4, -0.2) is 23.3 Å². The summed E-state index contributed by atoms with van der Waals surface area (Å²) in [6.07, 6.45) is 5.00. The van der Waals surface area contributed by atoms with Crippen LogP contribution in [0.3, 0.4) is 0 Å². The third kappa shape index (κ3) is 1.73. The van der Waals surface area contributed by atoms with Gasteiger partial charge in [-0.05, 0) is 19.8 Å². The van der Waals surface area contributed by atoms with Gasteiger partial charge in [-0.25, -0.2) is 0 Å². The van der Waals surface area contributed by atoms with E-state index in [-0.39, 0.29) is 17.2 Å². The first kappa shape index (κ1) is 11.2. The molecule has 1 saturated carbocycles. The molecule has 2 fully saturated rings. The van der Waals surface area contributed by atoms with Gasteiger partial charge in [-0.2, -0.15) is 0 Å². The molecule has 0 unspecified atom stereocenters. The Morgan fingerprint density at radius 3 is 2.62 bits per heavy atom. The largest absolute Gasteiger partial charge is 0.281 e. The first-order valence-corrected chi connectivity index (χ1v) is 5.94. The summed E-state index contributed by atoms with van der Waals surface area (Å²) in [4.78, 5) is 25.4. The Balaban J connectivity index is 2.06. The molecule has 0 aromatic heterocycles. The summed E-state index contributed by atoms with van der Waals surface area (Å²) >= 11 is 0. The lowest BCUT2D eigenvalue weighted by Crippen LogP contribution is -2.35. The molecule has 0 bridgehead atoms. The van der Waals surface area contributed by atoms with Crippen LogP contribution in [-0.2, 0) is 9.59 Å². The second-order valence-electron chi connectivity index (χ2n) is 4.69. The number of imide groups is 1. The van der Waals surface area contributed by atoms with Gasteiger partial charge in [0.05, 0.1) is 5.41 Å². The molecule has 16 heavy (non-hydrogen) atoms. The molecule has 0 aromatic rings. The minimum atomic E-state index is -0.323. The van der Waals surface area contributed by atoms with Crippen LogP contribution in [0.2, 0.25) is 0 Å². The first-order valence-electron chi connectivity index (χ1n) is 5.94. The minimum Gasteiger partial charge on any atom is -0.281 e. The molecule has 2 aliphatic rings. The maximum Gasteiger partial charge on any atom is 0.235 e. The van der Waals surface area contributed by atoms with Gasteiger partial charge in [-0.15, -0.1) is 11.8 Å². The van der Waals surface area contributed by atoms with E-state index in [9.17, 15) is 9.59 Å². The van der Waals surface area contributed by atoms with Gasteiger partial charge in [0, 0.05) is 19.4 Å². The van der Waals surface area contributed by atoms with Gasteiger partial charge in [-0.3, -0.25) is 14.5 Å². The molecule has 0 atom stereocenters. The molecular formula is C13H17NO2. The predicted octanol–water partition coefficient (Wildman–Crippen LogP) is 1.72. The molecule has 2 amide bonds. The maximum absolute atomic E-state index is 12.2. The SMILES string of the molecule is CC#CCCN1C(=O)CC2(CCCC2)C1=O. The van der Waals surface area contributed by atoms with E-state index in [1.807, 2.05) is 0 Å². The molecule has 1 spiro atoms. The van der Waals surface area contributed by atoms with Crippen LogP contribution in [0, 0.1) is 17.3 Å². The smallest absolute Gasteiger partial charge is 0.235 e. The number of hydrogen-bond acceptors (Lipinski definition) is 2. The lowest BCUT2D eigenvalue weighted by Gasteiger charge is -2.20. The van der Waals surface area contributed by atoms with Crippen molar-refractivity contribution in [2.24, 2.45) is 5.41 Å². The highest BCUT2D eigenvalue weighted by atomic mass is 16.2. The molecule has 3 nitrogen and oxygen atoms in total. The number of likely N-dealkylation sites (tertiary alicyclic amines) is 1. The second kappa shape index (κ2) is 4.29. The number of carbonyl (C=O) groups is 2. The summed E-state index contributed by atoms with van der Waals surface area (Å²) in [5.74, 6) is 5.75. The lowest BCUT2D eigenvalue weighted by molar-refractivity contribution is -0.141. The van der Waals surface area contributed by atoms with Crippen molar-refractivity contribution >= 4 is 11.8 Å². The number of carbonyl (C=O) groups excluding carboxylic acids is 2. The highest BCUT2D eigenvalue weighted by molar-refractivity contribution is 6.06. The third-order valence-corrected chi connectivity index (χ3v) is 3.69. The average molecular weight is 219 g/mol. The van der Waals surface area contributed by atoms with Crippen molar-refractivity contribution < 1.29 is 9.59 Å². The number of nitrogens with zero attached hydrogens (tertiary/aromatic N) is 1. The molecule has 0 radical (unpaired) electrons. The molecule has 1 aliphatic carbocycles. The fraction of sp³-hybridized carbons (Fsp3) is 0.692. The summed E-state index contributed by atoms with van der Waals surface area (Å²) in [7, 11) is 0. The zero-order valence-corrected chi connectivity index (χ0v) is 9.71. The molecule has 0 N–H and O–H groups in total. The van der Waals surface area contributed by atoms with Crippen molar-refractivity contribution in [1.29, 1.82) is 0 Å². The Kier molecular flexibility index (Phi) is 3.00. The summed E-state index contributed by atoms with van der Waals surface area (Å²) in [5, 5.41) is 0. The van der Waals surface area contributed by atoms with E-state index in [1.165, 1.54) is 4.90 Å². The van der Waals surface area contributed by atoms with Crippen molar-refractivity contribution in [3.05, 3.63) is 0 Å². The topological polar surface area (TPSA) is 37.4 Å². The molecule has 2 rings (SSSR count). The summed E-state index contributed by atoms with van der Waals surface area (Å²) in [6, 6.07) is 0.